The molecular formula is C11H13BrN2O3. The minimum atomic E-state index is -0.529. The first kappa shape index (κ1) is 12.3. The molecule has 1 aromatic rings. The van der Waals surface area contributed by atoms with Gasteiger partial charge in [0.1, 0.15) is 5.82 Å². The predicted octanol–water partition coefficient (Wildman–Crippen LogP) is 1.22. The van der Waals surface area contributed by atoms with Gasteiger partial charge in [0.15, 0.2) is 6.10 Å². The van der Waals surface area contributed by atoms with E-state index < -0.39 is 6.10 Å². The Bertz CT molecular complexity index is 396. The van der Waals surface area contributed by atoms with Crippen LogP contribution in [0.2, 0.25) is 0 Å². The van der Waals surface area contributed by atoms with E-state index in [-0.39, 0.29) is 5.97 Å². The summed E-state index contributed by atoms with van der Waals surface area (Å²) >= 11 is 3.34. The van der Waals surface area contributed by atoms with Crippen LogP contribution in [-0.4, -0.2) is 43.9 Å². The van der Waals surface area contributed by atoms with Crippen molar-refractivity contribution in [1.82, 2.24) is 4.98 Å². The number of anilines is 1. The summed E-state index contributed by atoms with van der Waals surface area (Å²) in [4.78, 5) is 17.7. The highest BCUT2D eigenvalue weighted by Gasteiger charge is 2.27. The van der Waals surface area contributed by atoms with Crippen LogP contribution in [0.5, 0.6) is 0 Å². The predicted molar refractivity (Wildman–Crippen MR) is 65.9 cm³/mol. The summed E-state index contributed by atoms with van der Waals surface area (Å²) in [6.45, 7) is 1.70. The molecule has 1 atom stereocenters. The topological polar surface area (TPSA) is 51.7 Å². The van der Waals surface area contributed by atoms with E-state index in [0.717, 1.165) is 16.8 Å². The number of methoxy groups -OCH3 is 1. The standard InChI is InChI=1S/C11H13BrN2O3/c1-16-11(15)9-7-14(4-5-17-9)10-3-2-8(12)6-13-10/h2-3,6,9H,4-5,7H2,1H3. The van der Waals surface area contributed by atoms with Gasteiger partial charge in [0.25, 0.3) is 0 Å². The molecule has 1 unspecified atom stereocenters. The molecule has 0 aliphatic carbocycles. The third kappa shape index (κ3) is 2.95. The summed E-state index contributed by atoms with van der Waals surface area (Å²) in [6.07, 6.45) is 1.21. The van der Waals surface area contributed by atoms with E-state index in [9.17, 15) is 4.79 Å². The van der Waals surface area contributed by atoms with Crippen LogP contribution >= 0.6 is 15.9 Å². The third-order valence-electron chi connectivity index (χ3n) is 2.57. The maximum absolute atomic E-state index is 11.4. The maximum Gasteiger partial charge on any atom is 0.336 e. The third-order valence-corrected chi connectivity index (χ3v) is 3.04. The lowest BCUT2D eigenvalue weighted by molar-refractivity contribution is -0.154. The van der Waals surface area contributed by atoms with Crippen LogP contribution in [0.3, 0.4) is 0 Å². The van der Waals surface area contributed by atoms with Crippen LogP contribution in [0.25, 0.3) is 0 Å². The number of nitrogens with zero attached hydrogens (tertiary/aromatic N) is 2. The first-order valence-corrected chi connectivity index (χ1v) is 6.06. The van der Waals surface area contributed by atoms with Crippen LogP contribution in [0.15, 0.2) is 22.8 Å². The molecule has 0 bridgehead atoms. The molecule has 0 aromatic carbocycles. The van der Waals surface area contributed by atoms with Crippen LogP contribution in [-0.2, 0) is 14.3 Å². The molecule has 0 radical (unpaired) electrons. The number of ether oxygens (including phenoxy) is 2. The number of morpholine rings is 1. The highest BCUT2D eigenvalue weighted by molar-refractivity contribution is 9.10. The van der Waals surface area contributed by atoms with Gasteiger partial charge in [0, 0.05) is 17.2 Å². The highest BCUT2D eigenvalue weighted by atomic mass is 79.9. The van der Waals surface area contributed by atoms with E-state index in [1.807, 2.05) is 17.0 Å². The van der Waals surface area contributed by atoms with Gasteiger partial charge in [-0.15, -0.1) is 0 Å². The number of pyridine rings is 1. The average molecular weight is 301 g/mol. The molecule has 17 heavy (non-hydrogen) atoms. The van der Waals surface area contributed by atoms with Crippen molar-refractivity contribution in [3.8, 4) is 0 Å². The van der Waals surface area contributed by atoms with E-state index in [4.69, 9.17) is 4.74 Å². The number of rotatable bonds is 2. The van der Waals surface area contributed by atoms with Crippen molar-refractivity contribution in [2.75, 3.05) is 31.7 Å². The SMILES string of the molecule is COC(=O)C1CN(c2ccc(Br)cn2)CCO1. The smallest absolute Gasteiger partial charge is 0.336 e. The van der Waals surface area contributed by atoms with Gasteiger partial charge in [0.2, 0.25) is 0 Å². The van der Waals surface area contributed by atoms with Gasteiger partial charge in [-0.2, -0.15) is 0 Å². The van der Waals surface area contributed by atoms with Crippen molar-refractivity contribution in [3.05, 3.63) is 22.8 Å². The summed E-state index contributed by atoms with van der Waals surface area (Å²) < 4.78 is 11.0. The van der Waals surface area contributed by atoms with Gasteiger partial charge in [0.05, 0.1) is 20.3 Å². The van der Waals surface area contributed by atoms with Crippen molar-refractivity contribution in [1.29, 1.82) is 0 Å². The van der Waals surface area contributed by atoms with E-state index in [0.29, 0.717) is 13.2 Å². The lowest BCUT2D eigenvalue weighted by Crippen LogP contribution is -2.46. The van der Waals surface area contributed by atoms with Crippen LogP contribution in [0.4, 0.5) is 5.82 Å². The number of aromatic nitrogens is 1. The monoisotopic (exact) mass is 300 g/mol. The minimum Gasteiger partial charge on any atom is -0.467 e. The summed E-state index contributed by atoms with van der Waals surface area (Å²) in [5.74, 6) is 0.497. The number of halogens is 1. The first-order chi connectivity index (χ1) is 8.20. The maximum atomic E-state index is 11.4. The van der Waals surface area contributed by atoms with Gasteiger partial charge >= 0.3 is 5.97 Å². The summed E-state index contributed by atoms with van der Waals surface area (Å²) in [5.41, 5.74) is 0. The quantitative estimate of drug-likeness (QED) is 0.769. The summed E-state index contributed by atoms with van der Waals surface area (Å²) in [5, 5.41) is 0. The van der Waals surface area contributed by atoms with Crippen LogP contribution in [0, 0.1) is 0 Å². The van der Waals surface area contributed by atoms with Gasteiger partial charge in [-0.25, -0.2) is 9.78 Å². The fourth-order valence-corrected chi connectivity index (χ4v) is 1.92. The van der Waals surface area contributed by atoms with Crippen molar-refractivity contribution < 1.29 is 14.3 Å². The first-order valence-electron chi connectivity index (χ1n) is 5.26. The molecule has 0 spiro atoms. The molecule has 5 nitrogen and oxygen atoms in total. The van der Waals surface area contributed by atoms with E-state index in [1.165, 1.54) is 7.11 Å². The Morgan fingerprint density at radius 2 is 2.47 bits per heavy atom. The molecule has 2 heterocycles. The molecule has 0 N–H and O–H groups in total. The molecule has 1 aromatic heterocycles. The molecule has 92 valence electrons. The Labute approximate surface area is 108 Å². The molecular weight excluding hydrogens is 288 g/mol. The second kappa shape index (κ2) is 5.46. The fraction of sp³-hybridized carbons (Fsp3) is 0.455. The Hall–Kier alpha value is -1.14. The normalized spacial score (nSPS) is 20.1. The van der Waals surface area contributed by atoms with Crippen molar-refractivity contribution in [2.24, 2.45) is 0 Å². The van der Waals surface area contributed by atoms with Crippen molar-refractivity contribution in [2.45, 2.75) is 6.10 Å². The van der Waals surface area contributed by atoms with Crippen LogP contribution in [0.1, 0.15) is 0 Å². The minimum absolute atomic E-state index is 0.341. The number of hydrogen-bond donors (Lipinski definition) is 0. The molecule has 1 aliphatic rings. The Morgan fingerprint density at radius 1 is 1.65 bits per heavy atom. The number of carbonyl (C=O) groups excluding carboxylic acids is 1. The fourth-order valence-electron chi connectivity index (χ4n) is 1.69. The van der Waals surface area contributed by atoms with Gasteiger partial charge in [-0.1, -0.05) is 0 Å². The molecule has 0 saturated carbocycles. The highest BCUT2D eigenvalue weighted by Crippen LogP contribution is 2.17. The molecule has 1 fully saturated rings. The molecule has 2 rings (SSSR count). The Kier molecular flexibility index (Phi) is 3.96. The van der Waals surface area contributed by atoms with Crippen LogP contribution < -0.4 is 4.90 Å². The Balaban J connectivity index is 2.06. The zero-order chi connectivity index (χ0) is 12.3. The van der Waals surface area contributed by atoms with E-state index >= 15 is 0 Å². The lowest BCUT2D eigenvalue weighted by Gasteiger charge is -2.32. The zero-order valence-electron chi connectivity index (χ0n) is 9.43. The molecule has 1 saturated heterocycles. The second-order valence-corrected chi connectivity index (χ2v) is 4.58. The average Bonchev–Trinajstić information content (AvgIpc) is 2.39. The number of hydrogen-bond acceptors (Lipinski definition) is 5. The molecule has 0 amide bonds. The summed E-state index contributed by atoms with van der Waals surface area (Å²) in [7, 11) is 1.36. The zero-order valence-corrected chi connectivity index (χ0v) is 11.0. The Morgan fingerprint density at radius 3 is 3.12 bits per heavy atom. The lowest BCUT2D eigenvalue weighted by atomic mass is 10.2. The van der Waals surface area contributed by atoms with Crippen molar-refractivity contribution in [3.63, 3.8) is 0 Å². The largest absolute Gasteiger partial charge is 0.467 e. The second-order valence-electron chi connectivity index (χ2n) is 3.66. The molecule has 6 heteroatoms. The molecule has 1 aliphatic heterocycles. The van der Waals surface area contributed by atoms with E-state index in [2.05, 4.69) is 25.7 Å². The number of carbonyl (C=O) groups is 1. The van der Waals surface area contributed by atoms with E-state index in [1.54, 1.807) is 6.20 Å². The van der Waals surface area contributed by atoms with Crippen molar-refractivity contribution >= 4 is 27.7 Å². The van der Waals surface area contributed by atoms with Gasteiger partial charge in [-0.3, -0.25) is 0 Å². The summed E-state index contributed by atoms with van der Waals surface area (Å²) in [6, 6.07) is 3.83. The van der Waals surface area contributed by atoms with Gasteiger partial charge < -0.3 is 14.4 Å². The van der Waals surface area contributed by atoms with Gasteiger partial charge in [-0.05, 0) is 28.1 Å². The number of esters is 1.